The molecule has 3 amide bonds. The number of benzene rings is 2. The summed E-state index contributed by atoms with van der Waals surface area (Å²) in [5.74, 6) is -1.68. The predicted molar refractivity (Wildman–Crippen MR) is 127 cm³/mol. The fourth-order valence-corrected chi connectivity index (χ4v) is 3.46. The van der Waals surface area contributed by atoms with E-state index in [2.05, 4.69) is 25.9 Å². The van der Waals surface area contributed by atoms with Crippen LogP contribution >= 0.6 is 0 Å². The number of hydrogen-bond acceptors (Lipinski definition) is 7. The van der Waals surface area contributed by atoms with Crippen LogP contribution < -0.4 is 15.4 Å². The number of carbonyl (C=O) groups is 2. The molecule has 1 fully saturated rings. The molecule has 2 aromatic carbocycles. The molecule has 13 heteroatoms. The Morgan fingerprint density at radius 2 is 1.84 bits per heavy atom. The Morgan fingerprint density at radius 3 is 2.59 bits per heavy atom. The van der Waals surface area contributed by atoms with Crippen molar-refractivity contribution in [2.45, 2.75) is 6.10 Å². The van der Waals surface area contributed by atoms with Crippen molar-refractivity contribution >= 4 is 23.4 Å². The molecule has 11 nitrogen and oxygen atoms in total. The van der Waals surface area contributed by atoms with Crippen molar-refractivity contribution in [3.05, 3.63) is 84.3 Å². The molecule has 2 aromatic heterocycles. The molecule has 0 saturated carbocycles. The fraction of sp³-hybridized carbons (Fsp3) is 0.125. The second kappa shape index (κ2) is 9.99. The van der Waals surface area contributed by atoms with Gasteiger partial charge in [-0.1, -0.05) is 17.3 Å². The summed E-state index contributed by atoms with van der Waals surface area (Å²) in [4.78, 5) is 30.0. The smallest absolute Gasteiger partial charge is 0.323 e. The van der Waals surface area contributed by atoms with Gasteiger partial charge in [-0.15, -0.1) is 5.10 Å². The van der Waals surface area contributed by atoms with Gasteiger partial charge >= 0.3 is 6.03 Å². The molecule has 3 N–H and O–H groups in total. The standard InChI is InChI=1S/C24H19F2N7O4/c25-17-3-1-2-4-20(17)33-13-19(30-31-33)23(35)28-14-5-6-21(18(26)9-14)37-16-7-8-27-22(10-16)29-24(36)32-11-15(34)12-32/h1-10,13,15,34H,11-12H2,(H,28,35)(H,27,29,36). The van der Waals surface area contributed by atoms with E-state index < -0.39 is 29.7 Å². The number of ether oxygens (including phenoxy) is 1. The number of hydrogen-bond donors (Lipinski definition) is 3. The SMILES string of the molecule is O=C(Nc1ccc(Oc2ccnc(NC(=O)N3CC(O)C3)c2)c(F)c1)c1cn(-c2ccccc2F)nn1. The van der Waals surface area contributed by atoms with Crippen LogP contribution in [0.1, 0.15) is 10.5 Å². The Kier molecular flexibility index (Phi) is 6.43. The quantitative estimate of drug-likeness (QED) is 0.365. The highest BCUT2D eigenvalue weighted by Crippen LogP contribution is 2.28. The molecule has 188 valence electrons. The molecule has 37 heavy (non-hydrogen) atoms. The molecule has 0 unspecified atom stereocenters. The number of carbonyl (C=O) groups excluding carboxylic acids is 2. The number of nitrogens with one attached hydrogen (secondary N) is 2. The first-order valence-corrected chi connectivity index (χ1v) is 11.0. The van der Waals surface area contributed by atoms with Gasteiger partial charge in [-0.05, 0) is 30.3 Å². The number of aliphatic hydroxyl groups excluding tert-OH is 1. The molecule has 1 aliphatic rings. The van der Waals surface area contributed by atoms with E-state index in [0.29, 0.717) is 0 Å². The second-order valence-electron chi connectivity index (χ2n) is 8.07. The van der Waals surface area contributed by atoms with E-state index in [1.165, 1.54) is 59.8 Å². The van der Waals surface area contributed by atoms with Gasteiger partial charge in [0.25, 0.3) is 5.91 Å². The van der Waals surface area contributed by atoms with Gasteiger partial charge in [0.2, 0.25) is 0 Å². The van der Waals surface area contributed by atoms with Gasteiger partial charge in [-0.2, -0.15) is 0 Å². The molecule has 0 atom stereocenters. The van der Waals surface area contributed by atoms with Gasteiger partial charge in [-0.3, -0.25) is 10.1 Å². The number of urea groups is 1. The van der Waals surface area contributed by atoms with Crippen LogP contribution in [0.3, 0.4) is 0 Å². The molecular formula is C24H19F2N7O4. The Labute approximate surface area is 208 Å². The summed E-state index contributed by atoms with van der Waals surface area (Å²) < 4.78 is 35.3. The van der Waals surface area contributed by atoms with Gasteiger partial charge in [-0.25, -0.2) is 23.2 Å². The van der Waals surface area contributed by atoms with Crippen molar-refractivity contribution < 1.29 is 28.2 Å². The first kappa shape index (κ1) is 23.8. The van der Waals surface area contributed by atoms with E-state index in [1.807, 2.05) is 0 Å². The summed E-state index contributed by atoms with van der Waals surface area (Å²) in [6.45, 7) is 0.472. The number of pyridine rings is 1. The minimum atomic E-state index is -0.759. The second-order valence-corrected chi connectivity index (χ2v) is 8.07. The summed E-state index contributed by atoms with van der Waals surface area (Å²) >= 11 is 0. The number of anilines is 2. The third-order valence-corrected chi connectivity index (χ3v) is 5.36. The molecule has 0 bridgehead atoms. The molecule has 3 heterocycles. The maximum Gasteiger partial charge on any atom is 0.323 e. The number of β-amino-alcohol motifs (C(OH)–C–C–N with tert-alkyl or cyclic N) is 1. The van der Waals surface area contributed by atoms with E-state index >= 15 is 0 Å². The van der Waals surface area contributed by atoms with Gasteiger partial charge in [0.15, 0.2) is 17.3 Å². The Balaban J connectivity index is 1.22. The lowest BCUT2D eigenvalue weighted by Crippen LogP contribution is -2.54. The van der Waals surface area contributed by atoms with Gasteiger partial charge in [0.1, 0.15) is 23.1 Å². The number of aromatic nitrogens is 4. The molecule has 5 rings (SSSR count). The molecule has 1 aliphatic heterocycles. The van der Waals surface area contributed by atoms with Crippen LogP contribution in [0.15, 0.2) is 67.0 Å². The van der Waals surface area contributed by atoms with Crippen LogP contribution in [0.4, 0.5) is 25.1 Å². The molecule has 0 aliphatic carbocycles. The molecule has 1 saturated heterocycles. The number of rotatable bonds is 6. The first-order chi connectivity index (χ1) is 17.9. The molecular weight excluding hydrogens is 488 g/mol. The lowest BCUT2D eigenvalue weighted by atomic mass is 10.2. The molecule has 4 aromatic rings. The highest BCUT2D eigenvalue weighted by atomic mass is 19.1. The van der Waals surface area contributed by atoms with Crippen molar-refractivity contribution in [1.82, 2.24) is 24.9 Å². The number of nitrogens with zero attached hydrogens (tertiary/aromatic N) is 5. The minimum absolute atomic E-state index is 0.0944. The zero-order valence-corrected chi connectivity index (χ0v) is 19.0. The summed E-state index contributed by atoms with van der Waals surface area (Å²) in [5, 5.41) is 21.9. The third-order valence-electron chi connectivity index (χ3n) is 5.36. The van der Waals surface area contributed by atoms with Crippen LogP contribution in [0, 0.1) is 11.6 Å². The van der Waals surface area contributed by atoms with Crippen LogP contribution in [0.5, 0.6) is 11.5 Å². The normalized spacial score (nSPS) is 13.1. The lowest BCUT2D eigenvalue weighted by Gasteiger charge is -2.35. The zero-order chi connectivity index (χ0) is 25.9. The van der Waals surface area contributed by atoms with E-state index in [1.54, 1.807) is 6.07 Å². The lowest BCUT2D eigenvalue weighted by molar-refractivity contribution is 0.0308. The first-order valence-electron chi connectivity index (χ1n) is 11.0. The number of amides is 3. The van der Waals surface area contributed by atoms with E-state index in [-0.39, 0.29) is 47.5 Å². The van der Waals surface area contributed by atoms with Crippen LogP contribution in [-0.2, 0) is 0 Å². The highest BCUT2D eigenvalue weighted by Gasteiger charge is 2.29. The zero-order valence-electron chi connectivity index (χ0n) is 19.0. The van der Waals surface area contributed by atoms with Gasteiger partial charge in [0, 0.05) is 24.0 Å². The maximum absolute atomic E-state index is 14.7. The number of halogens is 2. The number of likely N-dealkylation sites (tertiary alicyclic amines) is 1. The summed E-state index contributed by atoms with van der Waals surface area (Å²) in [7, 11) is 0. The monoisotopic (exact) mass is 507 g/mol. The van der Waals surface area contributed by atoms with E-state index in [9.17, 15) is 23.5 Å². The van der Waals surface area contributed by atoms with E-state index in [0.717, 1.165) is 10.7 Å². The van der Waals surface area contributed by atoms with Gasteiger partial charge in [0.05, 0.1) is 25.4 Å². The highest BCUT2D eigenvalue weighted by molar-refractivity contribution is 6.02. The van der Waals surface area contributed by atoms with Crippen molar-refractivity contribution in [3.63, 3.8) is 0 Å². The van der Waals surface area contributed by atoms with Gasteiger partial charge < -0.3 is 20.1 Å². The van der Waals surface area contributed by atoms with Crippen LogP contribution in [-0.4, -0.2) is 61.1 Å². The van der Waals surface area contributed by atoms with Crippen molar-refractivity contribution in [2.75, 3.05) is 23.7 Å². The van der Waals surface area contributed by atoms with Crippen LogP contribution in [0.25, 0.3) is 5.69 Å². The number of para-hydroxylation sites is 1. The predicted octanol–water partition coefficient (Wildman–Crippen LogP) is 3.19. The van der Waals surface area contributed by atoms with Crippen LogP contribution in [0.2, 0.25) is 0 Å². The van der Waals surface area contributed by atoms with Crippen molar-refractivity contribution in [2.24, 2.45) is 0 Å². The Hall–Kier alpha value is -4.91. The third kappa shape index (κ3) is 5.36. The molecule has 0 radical (unpaired) electrons. The average molecular weight is 507 g/mol. The Bertz CT molecular complexity index is 1470. The molecule has 0 spiro atoms. The maximum atomic E-state index is 14.7. The topological polar surface area (TPSA) is 134 Å². The minimum Gasteiger partial charge on any atom is -0.454 e. The van der Waals surface area contributed by atoms with E-state index in [4.69, 9.17) is 4.74 Å². The number of aliphatic hydroxyl groups is 1. The average Bonchev–Trinajstić information content (AvgIpc) is 3.34. The largest absolute Gasteiger partial charge is 0.454 e. The summed E-state index contributed by atoms with van der Waals surface area (Å²) in [5.41, 5.74) is 0.164. The fourth-order valence-electron chi connectivity index (χ4n) is 3.46. The summed E-state index contributed by atoms with van der Waals surface area (Å²) in [6.07, 6.45) is 2.11. The summed E-state index contributed by atoms with van der Waals surface area (Å²) in [6, 6.07) is 12.2. The van der Waals surface area contributed by atoms with Crippen molar-refractivity contribution in [3.8, 4) is 17.2 Å². The Morgan fingerprint density at radius 1 is 1.03 bits per heavy atom. The van der Waals surface area contributed by atoms with Crippen molar-refractivity contribution in [1.29, 1.82) is 0 Å².